The van der Waals surface area contributed by atoms with Crippen LogP contribution in [0.15, 0.2) is 18.2 Å². The average molecular weight is 218 g/mol. The number of carbonyl (C=O) groups is 1. The monoisotopic (exact) mass is 218 g/mol. The van der Waals surface area contributed by atoms with E-state index < -0.39 is 0 Å². The van der Waals surface area contributed by atoms with Gasteiger partial charge in [0, 0.05) is 25.7 Å². The fraction of sp³-hybridized carbons (Fsp3) is 0.462. The molecule has 0 aromatic heterocycles. The van der Waals surface area contributed by atoms with Crippen molar-refractivity contribution in [3.8, 4) is 0 Å². The number of nitrogens with zero attached hydrogens (tertiary/aromatic N) is 1. The van der Waals surface area contributed by atoms with E-state index in [1.54, 1.807) is 0 Å². The van der Waals surface area contributed by atoms with E-state index in [4.69, 9.17) is 0 Å². The van der Waals surface area contributed by atoms with E-state index in [-0.39, 0.29) is 5.91 Å². The fourth-order valence-corrected chi connectivity index (χ4v) is 2.01. The van der Waals surface area contributed by atoms with E-state index in [9.17, 15) is 4.79 Å². The van der Waals surface area contributed by atoms with Crippen molar-refractivity contribution in [2.45, 2.75) is 19.9 Å². The van der Waals surface area contributed by atoms with Gasteiger partial charge in [-0.15, -0.1) is 0 Å². The Balaban J connectivity index is 2.19. The van der Waals surface area contributed by atoms with Gasteiger partial charge in [0.15, 0.2) is 0 Å². The normalized spacial score (nSPS) is 15.7. The van der Waals surface area contributed by atoms with Crippen LogP contribution in [0.5, 0.6) is 0 Å². The third-order valence-corrected chi connectivity index (χ3v) is 3.10. The van der Waals surface area contributed by atoms with Crippen molar-refractivity contribution in [2.24, 2.45) is 0 Å². The highest BCUT2D eigenvalue weighted by atomic mass is 16.2. The highest BCUT2D eigenvalue weighted by Gasteiger charge is 2.25. The van der Waals surface area contributed by atoms with Gasteiger partial charge in [-0.1, -0.05) is 17.2 Å². The average Bonchev–Trinajstić information content (AvgIpc) is 2.12. The molecule has 3 heteroatoms. The van der Waals surface area contributed by atoms with Gasteiger partial charge in [0.1, 0.15) is 0 Å². The zero-order valence-corrected chi connectivity index (χ0v) is 10.1. The van der Waals surface area contributed by atoms with Gasteiger partial charge in [-0.25, -0.2) is 0 Å². The summed E-state index contributed by atoms with van der Waals surface area (Å²) in [7, 11) is 1.88. The molecule has 1 N–H and O–H groups in total. The lowest BCUT2D eigenvalue weighted by Crippen LogP contribution is -2.57. The molecule has 1 aliphatic heterocycles. The second kappa shape index (κ2) is 4.26. The summed E-state index contributed by atoms with van der Waals surface area (Å²) in [6, 6.07) is 6.35. The first-order valence-electron chi connectivity index (χ1n) is 5.64. The molecule has 0 atom stereocenters. The maximum atomic E-state index is 12.2. The predicted octanol–water partition coefficient (Wildman–Crippen LogP) is 1.35. The number of aryl methyl sites for hydroxylation is 2. The molecule has 1 amide bonds. The van der Waals surface area contributed by atoms with Crippen LogP contribution in [0.3, 0.4) is 0 Å². The van der Waals surface area contributed by atoms with Crippen LogP contribution in [-0.2, 0) is 0 Å². The van der Waals surface area contributed by atoms with Crippen molar-refractivity contribution >= 4 is 5.91 Å². The molecular weight excluding hydrogens is 200 g/mol. The molecule has 1 aliphatic rings. The Kier molecular flexibility index (Phi) is 2.97. The van der Waals surface area contributed by atoms with Crippen LogP contribution in [0.4, 0.5) is 0 Å². The Bertz CT molecular complexity index is 390. The molecule has 0 saturated carbocycles. The van der Waals surface area contributed by atoms with E-state index in [2.05, 4.69) is 11.4 Å². The summed E-state index contributed by atoms with van der Waals surface area (Å²) in [5, 5.41) is 3.18. The van der Waals surface area contributed by atoms with Gasteiger partial charge in [-0.3, -0.25) is 4.79 Å². The van der Waals surface area contributed by atoms with E-state index in [1.165, 1.54) is 0 Å². The Labute approximate surface area is 96.5 Å². The molecule has 1 saturated heterocycles. The molecule has 1 aromatic rings. The summed E-state index contributed by atoms with van der Waals surface area (Å²) >= 11 is 0. The summed E-state index contributed by atoms with van der Waals surface area (Å²) in [6.07, 6.45) is 0. The Morgan fingerprint density at radius 3 is 2.25 bits per heavy atom. The molecule has 0 spiro atoms. The highest BCUT2D eigenvalue weighted by molar-refractivity contribution is 5.94. The van der Waals surface area contributed by atoms with Crippen LogP contribution >= 0.6 is 0 Å². The van der Waals surface area contributed by atoms with Crippen molar-refractivity contribution in [1.29, 1.82) is 0 Å². The topological polar surface area (TPSA) is 32.3 Å². The van der Waals surface area contributed by atoms with Crippen molar-refractivity contribution in [3.63, 3.8) is 0 Å². The molecule has 0 aliphatic carbocycles. The third-order valence-electron chi connectivity index (χ3n) is 3.10. The lowest BCUT2D eigenvalue weighted by molar-refractivity contribution is 0.0681. The smallest absolute Gasteiger partial charge is 0.253 e. The summed E-state index contributed by atoms with van der Waals surface area (Å²) < 4.78 is 0. The second-order valence-electron chi connectivity index (χ2n) is 4.60. The highest BCUT2D eigenvalue weighted by Crippen LogP contribution is 2.13. The number of benzene rings is 1. The lowest BCUT2D eigenvalue weighted by Gasteiger charge is -2.35. The van der Waals surface area contributed by atoms with Gasteiger partial charge in [-0.05, 0) is 26.0 Å². The van der Waals surface area contributed by atoms with Gasteiger partial charge < -0.3 is 10.2 Å². The Hall–Kier alpha value is -1.35. The first-order chi connectivity index (χ1) is 7.58. The van der Waals surface area contributed by atoms with Crippen LogP contribution in [0.25, 0.3) is 0 Å². The third kappa shape index (κ3) is 2.09. The lowest BCUT2D eigenvalue weighted by atomic mass is 10.0. The number of likely N-dealkylation sites (N-methyl/N-ethyl adjacent to an activating group) is 1. The Morgan fingerprint density at radius 2 is 1.81 bits per heavy atom. The fourth-order valence-electron chi connectivity index (χ4n) is 2.01. The summed E-state index contributed by atoms with van der Waals surface area (Å²) in [4.78, 5) is 14.0. The second-order valence-corrected chi connectivity index (χ2v) is 4.60. The Morgan fingerprint density at radius 1 is 1.25 bits per heavy atom. The van der Waals surface area contributed by atoms with E-state index >= 15 is 0 Å². The molecule has 1 heterocycles. The summed E-state index contributed by atoms with van der Waals surface area (Å²) in [5.41, 5.74) is 3.08. The van der Waals surface area contributed by atoms with Gasteiger partial charge in [0.25, 0.3) is 5.91 Å². The number of hydrogen-bond acceptors (Lipinski definition) is 2. The van der Waals surface area contributed by atoms with Crippen molar-refractivity contribution in [2.75, 3.05) is 20.1 Å². The molecule has 0 bridgehead atoms. The van der Waals surface area contributed by atoms with Crippen molar-refractivity contribution in [3.05, 3.63) is 34.9 Å². The molecule has 0 unspecified atom stereocenters. The van der Waals surface area contributed by atoms with E-state index in [0.717, 1.165) is 29.8 Å². The van der Waals surface area contributed by atoms with Gasteiger partial charge >= 0.3 is 0 Å². The van der Waals surface area contributed by atoms with Gasteiger partial charge in [0.2, 0.25) is 0 Å². The SMILES string of the molecule is Cc1cc(C)cc(C(=O)N(C)C2CNC2)c1. The first-order valence-corrected chi connectivity index (χ1v) is 5.64. The molecule has 0 radical (unpaired) electrons. The minimum atomic E-state index is 0.123. The molecule has 3 nitrogen and oxygen atoms in total. The van der Waals surface area contributed by atoms with E-state index in [0.29, 0.717) is 6.04 Å². The summed E-state index contributed by atoms with van der Waals surface area (Å²) in [5.74, 6) is 0.123. The largest absolute Gasteiger partial charge is 0.336 e. The number of nitrogens with one attached hydrogen (secondary N) is 1. The van der Waals surface area contributed by atoms with Gasteiger partial charge in [0.05, 0.1) is 6.04 Å². The zero-order valence-electron chi connectivity index (χ0n) is 10.1. The van der Waals surface area contributed by atoms with Crippen molar-refractivity contribution in [1.82, 2.24) is 10.2 Å². The van der Waals surface area contributed by atoms with Crippen LogP contribution < -0.4 is 5.32 Å². The molecule has 1 fully saturated rings. The number of rotatable bonds is 2. The first kappa shape index (κ1) is 11.1. The van der Waals surface area contributed by atoms with Crippen LogP contribution in [0.1, 0.15) is 21.5 Å². The maximum absolute atomic E-state index is 12.2. The molecular formula is C13H18N2O. The quantitative estimate of drug-likeness (QED) is 0.812. The maximum Gasteiger partial charge on any atom is 0.253 e. The number of carbonyl (C=O) groups excluding carboxylic acids is 1. The van der Waals surface area contributed by atoms with Gasteiger partial charge in [-0.2, -0.15) is 0 Å². The van der Waals surface area contributed by atoms with Crippen molar-refractivity contribution < 1.29 is 4.79 Å². The number of amides is 1. The molecule has 1 aromatic carbocycles. The minimum absolute atomic E-state index is 0.123. The predicted molar refractivity (Wildman–Crippen MR) is 64.7 cm³/mol. The van der Waals surface area contributed by atoms with Crippen LogP contribution in [0, 0.1) is 13.8 Å². The van der Waals surface area contributed by atoms with Crippen LogP contribution in [0.2, 0.25) is 0 Å². The summed E-state index contributed by atoms with van der Waals surface area (Å²) in [6.45, 7) is 5.86. The van der Waals surface area contributed by atoms with Crippen LogP contribution in [-0.4, -0.2) is 37.0 Å². The molecule has 86 valence electrons. The zero-order chi connectivity index (χ0) is 11.7. The standard InChI is InChI=1S/C13H18N2O/c1-9-4-10(2)6-11(5-9)13(16)15(3)12-7-14-8-12/h4-6,12,14H,7-8H2,1-3H3. The van der Waals surface area contributed by atoms with E-state index in [1.807, 2.05) is 37.9 Å². The molecule has 16 heavy (non-hydrogen) atoms. The molecule has 2 rings (SSSR count). The minimum Gasteiger partial charge on any atom is -0.336 e. The number of hydrogen-bond donors (Lipinski definition) is 1.